The van der Waals surface area contributed by atoms with E-state index in [0.717, 1.165) is 25.7 Å². The Bertz CT molecular complexity index is 452. The minimum atomic E-state index is -0.665. The highest BCUT2D eigenvalue weighted by Crippen LogP contribution is 2.40. The van der Waals surface area contributed by atoms with Crippen molar-refractivity contribution in [3.8, 4) is 0 Å². The molecule has 0 amide bonds. The molecule has 0 radical (unpaired) electrons. The van der Waals surface area contributed by atoms with Crippen LogP contribution in [0.1, 0.15) is 39.5 Å². The molecule has 1 saturated carbocycles. The summed E-state index contributed by atoms with van der Waals surface area (Å²) >= 11 is 6.05. The molecule has 0 atom stereocenters. The average Bonchev–Trinajstić information content (AvgIpc) is 2.33. The topological polar surface area (TPSA) is 71.2 Å². The second kappa shape index (κ2) is 5.17. The van der Waals surface area contributed by atoms with E-state index < -0.39 is 5.60 Å². The summed E-state index contributed by atoms with van der Waals surface area (Å²) in [4.78, 5) is 4.14. The van der Waals surface area contributed by atoms with E-state index in [0.29, 0.717) is 28.5 Å². The molecule has 1 aliphatic rings. The van der Waals surface area contributed by atoms with E-state index in [1.165, 1.54) is 0 Å². The van der Waals surface area contributed by atoms with E-state index in [1.54, 1.807) is 12.3 Å². The van der Waals surface area contributed by atoms with E-state index in [-0.39, 0.29) is 0 Å². The van der Waals surface area contributed by atoms with Crippen LogP contribution >= 0.6 is 11.6 Å². The van der Waals surface area contributed by atoms with Crippen molar-refractivity contribution >= 4 is 23.1 Å². The van der Waals surface area contributed by atoms with Crippen LogP contribution in [0.4, 0.5) is 11.5 Å². The molecule has 1 heterocycles. The second-order valence-electron chi connectivity index (χ2n) is 6.34. The van der Waals surface area contributed by atoms with E-state index >= 15 is 0 Å². The normalized spacial score (nSPS) is 21.1. The fraction of sp³-hybridized carbons (Fsp3) is 0.643. The number of anilines is 2. The number of nitrogen functional groups attached to an aromatic ring is 1. The molecule has 0 aliphatic heterocycles. The number of nitrogens with one attached hydrogen (secondary N) is 1. The van der Waals surface area contributed by atoms with Crippen molar-refractivity contribution < 1.29 is 5.11 Å². The highest BCUT2D eigenvalue weighted by Gasteiger charge is 2.36. The van der Waals surface area contributed by atoms with Crippen molar-refractivity contribution in [3.05, 3.63) is 17.3 Å². The number of hydrogen-bond donors (Lipinski definition) is 3. The van der Waals surface area contributed by atoms with Crippen molar-refractivity contribution in [2.45, 2.75) is 45.1 Å². The van der Waals surface area contributed by atoms with Gasteiger partial charge in [-0.3, -0.25) is 0 Å². The summed E-state index contributed by atoms with van der Waals surface area (Å²) in [6.45, 7) is 4.97. The first-order valence-electron chi connectivity index (χ1n) is 6.67. The Morgan fingerprint density at radius 1 is 1.37 bits per heavy atom. The fourth-order valence-corrected chi connectivity index (χ4v) is 2.64. The van der Waals surface area contributed by atoms with Gasteiger partial charge in [-0.2, -0.15) is 0 Å². The Balaban J connectivity index is 1.95. The lowest BCUT2D eigenvalue weighted by molar-refractivity contribution is -0.0145. The SMILES string of the molecule is CC1(C)CCC(O)(CNc2ncc(N)cc2Cl)CC1. The van der Waals surface area contributed by atoms with Gasteiger partial charge < -0.3 is 16.2 Å². The maximum absolute atomic E-state index is 10.6. The van der Waals surface area contributed by atoms with Gasteiger partial charge in [-0.05, 0) is 37.2 Å². The molecule has 0 aromatic carbocycles. The number of pyridine rings is 1. The molecule has 0 unspecified atom stereocenters. The van der Waals surface area contributed by atoms with E-state index in [4.69, 9.17) is 17.3 Å². The molecule has 4 nitrogen and oxygen atoms in total. The second-order valence-corrected chi connectivity index (χ2v) is 6.75. The third kappa shape index (κ3) is 3.74. The van der Waals surface area contributed by atoms with Crippen LogP contribution in [0.2, 0.25) is 5.02 Å². The molecule has 4 N–H and O–H groups in total. The molecule has 1 fully saturated rings. The maximum atomic E-state index is 10.6. The van der Waals surface area contributed by atoms with Crippen LogP contribution in [0.15, 0.2) is 12.3 Å². The van der Waals surface area contributed by atoms with Crippen LogP contribution in [0, 0.1) is 5.41 Å². The summed E-state index contributed by atoms with van der Waals surface area (Å²) in [5.41, 5.74) is 5.81. The van der Waals surface area contributed by atoms with Crippen LogP contribution in [-0.2, 0) is 0 Å². The van der Waals surface area contributed by atoms with E-state index in [1.807, 2.05) is 0 Å². The van der Waals surface area contributed by atoms with Crippen LogP contribution in [0.5, 0.6) is 0 Å². The number of rotatable bonds is 3. The summed E-state index contributed by atoms with van der Waals surface area (Å²) in [6, 6.07) is 1.66. The van der Waals surface area contributed by atoms with Crippen molar-refractivity contribution in [2.75, 3.05) is 17.6 Å². The standard InChI is InChI=1S/C14H22ClN3O/c1-13(2)3-5-14(19,6-4-13)9-18-12-11(15)7-10(16)8-17-12/h7-8,19H,3-6,9,16H2,1-2H3,(H,17,18). The van der Waals surface area contributed by atoms with Crippen molar-refractivity contribution in [2.24, 2.45) is 5.41 Å². The molecule has 1 aromatic heterocycles. The molecule has 0 saturated heterocycles. The highest BCUT2D eigenvalue weighted by molar-refractivity contribution is 6.33. The zero-order valence-electron chi connectivity index (χ0n) is 11.5. The summed E-state index contributed by atoms with van der Waals surface area (Å²) in [7, 11) is 0. The molecule has 2 rings (SSSR count). The average molecular weight is 284 g/mol. The third-order valence-corrected chi connectivity index (χ3v) is 4.27. The van der Waals surface area contributed by atoms with Gasteiger partial charge >= 0.3 is 0 Å². The summed E-state index contributed by atoms with van der Waals surface area (Å²) in [5, 5.41) is 14.2. The van der Waals surface area contributed by atoms with Crippen molar-refractivity contribution in [1.29, 1.82) is 0 Å². The van der Waals surface area contributed by atoms with Gasteiger partial charge in [-0.1, -0.05) is 25.4 Å². The molecule has 0 spiro atoms. The van der Waals surface area contributed by atoms with Crippen molar-refractivity contribution in [1.82, 2.24) is 4.98 Å². The molecular weight excluding hydrogens is 262 g/mol. The van der Waals surface area contributed by atoms with E-state index in [9.17, 15) is 5.11 Å². The zero-order valence-corrected chi connectivity index (χ0v) is 12.3. The lowest BCUT2D eigenvalue weighted by atomic mass is 9.71. The predicted octanol–water partition coefficient (Wildman–Crippen LogP) is 3.06. The molecule has 5 heteroatoms. The Kier molecular flexibility index (Phi) is 3.92. The molecule has 1 aromatic rings. The fourth-order valence-electron chi connectivity index (χ4n) is 2.40. The lowest BCUT2D eigenvalue weighted by Gasteiger charge is -2.40. The van der Waals surface area contributed by atoms with Crippen LogP contribution in [-0.4, -0.2) is 22.2 Å². The quantitative estimate of drug-likeness (QED) is 0.797. The largest absolute Gasteiger partial charge is 0.397 e. The maximum Gasteiger partial charge on any atom is 0.145 e. The Hall–Kier alpha value is -1.00. The van der Waals surface area contributed by atoms with Gasteiger partial charge in [0.2, 0.25) is 0 Å². The Labute approximate surface area is 119 Å². The van der Waals surface area contributed by atoms with Gasteiger partial charge in [-0.25, -0.2) is 4.98 Å². The van der Waals surface area contributed by atoms with Crippen LogP contribution in [0.3, 0.4) is 0 Å². The predicted molar refractivity (Wildman–Crippen MR) is 79.3 cm³/mol. The Morgan fingerprint density at radius 3 is 2.58 bits per heavy atom. The molecule has 106 valence electrons. The molecule has 19 heavy (non-hydrogen) atoms. The minimum Gasteiger partial charge on any atom is -0.397 e. The van der Waals surface area contributed by atoms with Gasteiger partial charge in [0, 0.05) is 6.54 Å². The minimum absolute atomic E-state index is 0.337. The van der Waals surface area contributed by atoms with Crippen LogP contribution < -0.4 is 11.1 Å². The smallest absolute Gasteiger partial charge is 0.145 e. The zero-order chi connectivity index (χ0) is 14.1. The number of aliphatic hydroxyl groups is 1. The van der Waals surface area contributed by atoms with Gasteiger partial charge in [0.15, 0.2) is 0 Å². The summed E-state index contributed by atoms with van der Waals surface area (Å²) < 4.78 is 0. The number of nitrogens with two attached hydrogens (primary N) is 1. The highest BCUT2D eigenvalue weighted by atomic mass is 35.5. The summed E-state index contributed by atoms with van der Waals surface area (Å²) in [5.74, 6) is 0.578. The first kappa shape index (κ1) is 14.4. The first-order chi connectivity index (χ1) is 8.80. The van der Waals surface area contributed by atoms with Gasteiger partial charge in [-0.15, -0.1) is 0 Å². The number of nitrogens with zero attached hydrogens (tertiary/aromatic N) is 1. The van der Waals surface area contributed by atoms with Crippen molar-refractivity contribution in [3.63, 3.8) is 0 Å². The summed E-state index contributed by atoms with van der Waals surface area (Å²) in [6.07, 6.45) is 5.24. The lowest BCUT2D eigenvalue weighted by Crippen LogP contribution is -2.42. The molecule has 0 bridgehead atoms. The number of halogens is 1. The van der Waals surface area contributed by atoms with Crippen LogP contribution in [0.25, 0.3) is 0 Å². The van der Waals surface area contributed by atoms with Gasteiger partial charge in [0.1, 0.15) is 5.82 Å². The van der Waals surface area contributed by atoms with E-state index in [2.05, 4.69) is 24.1 Å². The number of hydrogen-bond acceptors (Lipinski definition) is 4. The van der Waals surface area contributed by atoms with Gasteiger partial charge in [0.25, 0.3) is 0 Å². The molecular formula is C14H22ClN3O. The third-order valence-electron chi connectivity index (χ3n) is 3.98. The number of aromatic nitrogens is 1. The monoisotopic (exact) mass is 283 g/mol. The Morgan fingerprint density at radius 2 is 2.00 bits per heavy atom. The first-order valence-corrected chi connectivity index (χ1v) is 7.05. The van der Waals surface area contributed by atoms with Gasteiger partial charge in [0.05, 0.1) is 22.5 Å². The molecule has 1 aliphatic carbocycles.